The molecule has 0 heterocycles. The van der Waals surface area contributed by atoms with Crippen molar-refractivity contribution in [3.63, 3.8) is 0 Å². The minimum atomic E-state index is -0.914. The third kappa shape index (κ3) is 10.8. The van der Waals surface area contributed by atoms with E-state index in [0.717, 1.165) is 11.1 Å². The number of hydrogen-bond acceptors (Lipinski definition) is 6. The molecule has 0 fully saturated rings. The number of hydrogen-bond donors (Lipinski definition) is 2. The van der Waals surface area contributed by atoms with Gasteiger partial charge in [-0.1, -0.05) is 91.0 Å². The molecule has 0 saturated heterocycles. The predicted octanol–water partition coefficient (Wildman–Crippen LogP) is 5.05. The number of hydrazine groups is 1. The van der Waals surface area contributed by atoms with Gasteiger partial charge in [0.15, 0.2) is 0 Å². The first-order chi connectivity index (χ1) is 20.0. The number of aliphatic carboxylic acids is 1. The van der Waals surface area contributed by atoms with Crippen molar-refractivity contribution in [1.29, 1.82) is 0 Å². The Balaban J connectivity index is 1.85. The Labute approximate surface area is 249 Å². The number of carboxylic acids is 1. The topological polar surface area (TPSA) is 99.2 Å². The lowest BCUT2D eigenvalue weighted by atomic mass is 9.96. The van der Waals surface area contributed by atoms with Gasteiger partial charge in [0.25, 0.3) is 0 Å². The van der Waals surface area contributed by atoms with Crippen molar-refractivity contribution in [2.24, 2.45) is 0 Å². The summed E-state index contributed by atoms with van der Waals surface area (Å²) < 4.78 is 5.54. The van der Waals surface area contributed by atoms with Crippen LogP contribution in [0.5, 0.6) is 0 Å². The van der Waals surface area contributed by atoms with E-state index in [1.54, 1.807) is 29.1 Å². The van der Waals surface area contributed by atoms with E-state index in [0.29, 0.717) is 31.5 Å². The number of esters is 1. The van der Waals surface area contributed by atoms with E-state index in [4.69, 9.17) is 4.74 Å². The second-order valence-electron chi connectivity index (χ2n) is 11.4. The Morgan fingerprint density at radius 2 is 1.40 bits per heavy atom. The number of carbonyl (C=O) groups excluding carboxylic acids is 2. The van der Waals surface area contributed by atoms with Gasteiger partial charge in [0, 0.05) is 26.7 Å². The number of carbonyl (C=O) groups is 3. The molecule has 0 aliphatic carbocycles. The number of nitrogens with one attached hydrogen (secondary N) is 1. The highest BCUT2D eigenvalue weighted by Crippen LogP contribution is 2.20. The number of nitrogens with zero attached hydrogens (tertiary/aromatic N) is 2. The molecule has 42 heavy (non-hydrogen) atoms. The molecule has 0 spiro atoms. The Bertz CT molecular complexity index is 1260. The molecular weight excluding hydrogens is 530 g/mol. The highest BCUT2D eigenvalue weighted by atomic mass is 16.6. The first-order valence-corrected chi connectivity index (χ1v) is 14.4. The quantitative estimate of drug-likeness (QED) is 0.194. The summed E-state index contributed by atoms with van der Waals surface area (Å²) in [4.78, 5) is 40.5. The van der Waals surface area contributed by atoms with Crippen LogP contribution in [0.1, 0.15) is 56.2 Å². The lowest BCUT2D eigenvalue weighted by Gasteiger charge is -2.34. The average Bonchev–Trinajstić information content (AvgIpc) is 2.96. The lowest BCUT2D eigenvalue weighted by molar-refractivity contribution is -0.156. The van der Waals surface area contributed by atoms with Crippen molar-refractivity contribution in [2.75, 3.05) is 20.1 Å². The van der Waals surface area contributed by atoms with E-state index in [-0.39, 0.29) is 24.8 Å². The van der Waals surface area contributed by atoms with Crippen molar-refractivity contribution in [3.8, 4) is 0 Å². The van der Waals surface area contributed by atoms with Crippen LogP contribution in [0.15, 0.2) is 91.0 Å². The standard InChI is InChI=1S/C34H43N3O5/c1-34(2,3)42-31(38)21-23-37(35-22-20-29(33(40)41)28-18-12-7-13-19-28)30(24-26-14-8-5-9-15-26)32(39)36(4)25-27-16-10-6-11-17-27/h5-19,29-30,35H,20-25H2,1-4H3,(H,40,41)/t29-,30?/m0/s1. The summed E-state index contributed by atoms with van der Waals surface area (Å²) in [5.74, 6) is -2.11. The molecule has 0 aliphatic heterocycles. The van der Waals surface area contributed by atoms with Crippen molar-refractivity contribution in [3.05, 3.63) is 108 Å². The molecule has 0 radical (unpaired) electrons. The van der Waals surface area contributed by atoms with Gasteiger partial charge < -0.3 is 14.7 Å². The van der Waals surface area contributed by atoms with Gasteiger partial charge in [-0.15, -0.1) is 0 Å². The van der Waals surface area contributed by atoms with E-state index in [1.165, 1.54) is 0 Å². The molecule has 3 rings (SSSR count). The Morgan fingerprint density at radius 1 is 0.857 bits per heavy atom. The zero-order valence-electron chi connectivity index (χ0n) is 25.0. The Kier molecular flexibility index (Phi) is 12.3. The number of carboxylic acid groups (broad SMARTS) is 1. The first-order valence-electron chi connectivity index (χ1n) is 14.4. The predicted molar refractivity (Wildman–Crippen MR) is 163 cm³/mol. The molecule has 0 aromatic heterocycles. The van der Waals surface area contributed by atoms with Crippen LogP contribution in [0, 0.1) is 0 Å². The smallest absolute Gasteiger partial charge is 0.311 e. The van der Waals surface area contributed by atoms with Gasteiger partial charge in [0.1, 0.15) is 11.6 Å². The maximum absolute atomic E-state index is 14.0. The highest BCUT2D eigenvalue weighted by molar-refractivity contribution is 5.82. The second kappa shape index (κ2) is 15.8. The number of rotatable bonds is 15. The van der Waals surface area contributed by atoms with Gasteiger partial charge >= 0.3 is 11.9 Å². The summed E-state index contributed by atoms with van der Waals surface area (Å²) in [5, 5.41) is 11.7. The summed E-state index contributed by atoms with van der Waals surface area (Å²) in [7, 11) is 1.77. The van der Waals surface area contributed by atoms with Crippen molar-refractivity contribution in [2.45, 2.75) is 64.1 Å². The Hall–Kier alpha value is -4.01. The van der Waals surface area contributed by atoms with Gasteiger partial charge in [-0.25, -0.2) is 5.01 Å². The summed E-state index contributed by atoms with van der Waals surface area (Å²) in [6, 6.07) is 28.0. The van der Waals surface area contributed by atoms with Gasteiger partial charge in [-0.3, -0.25) is 19.8 Å². The molecule has 1 unspecified atom stereocenters. The number of amides is 1. The number of ether oxygens (including phenoxy) is 1. The molecule has 8 heteroatoms. The van der Waals surface area contributed by atoms with Crippen LogP contribution in [0.4, 0.5) is 0 Å². The second-order valence-corrected chi connectivity index (χ2v) is 11.4. The fourth-order valence-electron chi connectivity index (χ4n) is 4.78. The van der Waals surface area contributed by atoms with Crippen LogP contribution in [0.25, 0.3) is 0 Å². The van der Waals surface area contributed by atoms with Crippen LogP contribution in [-0.4, -0.2) is 64.6 Å². The largest absolute Gasteiger partial charge is 0.481 e. The molecule has 0 bridgehead atoms. The van der Waals surface area contributed by atoms with Crippen LogP contribution in [0.2, 0.25) is 0 Å². The zero-order valence-corrected chi connectivity index (χ0v) is 25.0. The maximum Gasteiger partial charge on any atom is 0.311 e. The van der Waals surface area contributed by atoms with Crippen LogP contribution >= 0.6 is 0 Å². The van der Waals surface area contributed by atoms with Crippen LogP contribution < -0.4 is 5.43 Å². The van der Waals surface area contributed by atoms with E-state index in [9.17, 15) is 19.5 Å². The van der Waals surface area contributed by atoms with Crippen molar-refractivity contribution < 1.29 is 24.2 Å². The van der Waals surface area contributed by atoms with Gasteiger partial charge in [0.05, 0.1) is 12.3 Å². The fourth-order valence-corrected chi connectivity index (χ4v) is 4.78. The van der Waals surface area contributed by atoms with Crippen LogP contribution in [-0.2, 0) is 32.1 Å². The third-order valence-corrected chi connectivity index (χ3v) is 6.80. The van der Waals surface area contributed by atoms with E-state index in [2.05, 4.69) is 5.43 Å². The molecule has 3 aromatic rings. The van der Waals surface area contributed by atoms with Gasteiger partial charge in [-0.2, -0.15) is 0 Å². The molecule has 3 aromatic carbocycles. The normalized spacial score (nSPS) is 12.9. The molecule has 224 valence electrons. The van der Waals surface area contributed by atoms with Crippen molar-refractivity contribution >= 4 is 17.8 Å². The minimum Gasteiger partial charge on any atom is -0.481 e. The zero-order chi connectivity index (χ0) is 30.5. The molecule has 1 amide bonds. The lowest BCUT2D eigenvalue weighted by Crippen LogP contribution is -2.55. The molecule has 0 saturated carbocycles. The van der Waals surface area contributed by atoms with E-state index in [1.807, 2.05) is 99.6 Å². The van der Waals surface area contributed by atoms with Gasteiger partial charge in [-0.05, 0) is 50.3 Å². The van der Waals surface area contributed by atoms with Gasteiger partial charge in [0.2, 0.25) is 5.91 Å². The summed E-state index contributed by atoms with van der Waals surface area (Å²) in [6.45, 7) is 6.38. The Morgan fingerprint density at radius 3 is 1.95 bits per heavy atom. The van der Waals surface area contributed by atoms with E-state index < -0.39 is 23.5 Å². The minimum absolute atomic E-state index is 0.0618. The van der Waals surface area contributed by atoms with Crippen LogP contribution in [0.3, 0.4) is 0 Å². The third-order valence-electron chi connectivity index (χ3n) is 6.80. The first kappa shape index (κ1) is 32.5. The summed E-state index contributed by atoms with van der Waals surface area (Å²) in [6.07, 6.45) is 0.766. The SMILES string of the molecule is CN(Cc1ccccc1)C(=O)C(Cc1ccccc1)N(CCC(=O)OC(C)(C)C)NCC[C@H](C(=O)O)c1ccccc1. The fraction of sp³-hybridized carbons (Fsp3) is 0.382. The van der Waals surface area contributed by atoms with Crippen molar-refractivity contribution in [1.82, 2.24) is 15.3 Å². The number of benzene rings is 3. The van der Waals surface area contributed by atoms with E-state index >= 15 is 0 Å². The highest BCUT2D eigenvalue weighted by Gasteiger charge is 2.30. The number of likely N-dealkylation sites (N-methyl/N-ethyl adjacent to an activating group) is 1. The molecular formula is C34H43N3O5. The monoisotopic (exact) mass is 573 g/mol. The maximum atomic E-state index is 14.0. The molecule has 2 atom stereocenters. The average molecular weight is 574 g/mol. The summed E-state index contributed by atoms with van der Waals surface area (Å²) >= 11 is 0. The molecule has 8 nitrogen and oxygen atoms in total. The molecule has 0 aliphatic rings. The molecule has 2 N–H and O–H groups in total. The summed E-state index contributed by atoms with van der Waals surface area (Å²) in [5.41, 5.74) is 5.39.